The molecule has 1 aromatic carbocycles. The third-order valence-electron chi connectivity index (χ3n) is 2.72. The summed E-state index contributed by atoms with van der Waals surface area (Å²) in [5.41, 5.74) is 0.382. The van der Waals surface area contributed by atoms with E-state index < -0.39 is 20.0 Å². The Hall–Kier alpha value is -1.16. The van der Waals surface area contributed by atoms with Gasteiger partial charge in [-0.15, -0.1) is 0 Å². The average molecular weight is 335 g/mol. The zero-order valence-corrected chi connectivity index (χ0v) is 13.7. The number of hydrogen-bond acceptors (Lipinski definition) is 5. The predicted molar refractivity (Wildman–Crippen MR) is 83.3 cm³/mol. The maximum atomic E-state index is 12.1. The van der Waals surface area contributed by atoms with Crippen LogP contribution in [-0.4, -0.2) is 42.7 Å². The molecule has 0 aliphatic carbocycles. The molecular weight excluding hydrogens is 314 g/mol. The average Bonchev–Trinajstić information content (AvgIpc) is 2.45. The van der Waals surface area contributed by atoms with E-state index in [1.807, 2.05) is 6.92 Å². The molecule has 3 N–H and O–H groups in total. The highest BCUT2D eigenvalue weighted by atomic mass is 32.2. The van der Waals surface area contributed by atoms with E-state index in [0.717, 1.165) is 0 Å². The van der Waals surface area contributed by atoms with Crippen LogP contribution in [0.5, 0.6) is 0 Å². The van der Waals surface area contributed by atoms with Crippen molar-refractivity contribution in [2.75, 3.05) is 31.2 Å². The molecule has 120 valence electrons. The van der Waals surface area contributed by atoms with Crippen LogP contribution in [0.1, 0.15) is 13.3 Å². The van der Waals surface area contributed by atoms with Crippen LogP contribution in [0.25, 0.3) is 0 Å². The zero-order chi connectivity index (χ0) is 15.9. The molecular formula is C12H21N3O4S2. The van der Waals surface area contributed by atoms with E-state index in [2.05, 4.69) is 14.8 Å². The number of anilines is 1. The maximum Gasteiger partial charge on any atom is 0.242 e. The third kappa shape index (κ3) is 5.62. The first-order valence-corrected chi connectivity index (χ1v) is 9.69. The van der Waals surface area contributed by atoms with Gasteiger partial charge in [-0.1, -0.05) is 19.1 Å². The Bertz CT molecular complexity index is 657. The van der Waals surface area contributed by atoms with Crippen LogP contribution in [-0.2, 0) is 20.0 Å². The number of benzene rings is 1. The van der Waals surface area contributed by atoms with Crippen molar-refractivity contribution in [3.05, 3.63) is 24.3 Å². The minimum atomic E-state index is -3.60. The van der Waals surface area contributed by atoms with Crippen molar-refractivity contribution in [1.82, 2.24) is 9.44 Å². The molecule has 0 saturated heterocycles. The second-order valence-electron chi connectivity index (χ2n) is 4.34. The summed E-state index contributed by atoms with van der Waals surface area (Å²) in [4.78, 5) is 0.111. The van der Waals surface area contributed by atoms with Gasteiger partial charge in [-0.3, -0.25) is 0 Å². The Labute approximate surface area is 126 Å². The summed E-state index contributed by atoms with van der Waals surface area (Å²) in [7, 11) is -5.60. The first kappa shape index (κ1) is 17.9. The number of para-hydroxylation sites is 1. The molecule has 0 bridgehead atoms. The SMILES string of the molecule is CCCNS(=O)(=O)c1ccccc1NCCS(=O)(=O)NC. The molecule has 0 unspecified atom stereocenters. The van der Waals surface area contributed by atoms with Crippen molar-refractivity contribution in [2.24, 2.45) is 0 Å². The molecule has 1 aromatic rings. The normalized spacial score (nSPS) is 12.3. The highest BCUT2D eigenvalue weighted by molar-refractivity contribution is 7.89. The van der Waals surface area contributed by atoms with E-state index >= 15 is 0 Å². The number of nitrogens with one attached hydrogen (secondary N) is 3. The van der Waals surface area contributed by atoms with Crippen LogP contribution >= 0.6 is 0 Å². The Balaban J connectivity index is 2.85. The summed E-state index contributed by atoms with van der Waals surface area (Å²) in [6, 6.07) is 6.39. The van der Waals surface area contributed by atoms with Crippen LogP contribution in [0.3, 0.4) is 0 Å². The van der Waals surface area contributed by atoms with Gasteiger partial charge in [0.15, 0.2) is 0 Å². The van der Waals surface area contributed by atoms with Crippen molar-refractivity contribution in [1.29, 1.82) is 0 Å². The van der Waals surface area contributed by atoms with Gasteiger partial charge in [0, 0.05) is 13.1 Å². The minimum Gasteiger partial charge on any atom is -0.383 e. The Morgan fingerprint density at radius 3 is 2.33 bits per heavy atom. The summed E-state index contributed by atoms with van der Waals surface area (Å²) in [6.45, 7) is 2.34. The lowest BCUT2D eigenvalue weighted by Crippen LogP contribution is -2.28. The molecule has 0 radical (unpaired) electrons. The Morgan fingerprint density at radius 1 is 1.05 bits per heavy atom. The molecule has 0 saturated carbocycles. The lowest BCUT2D eigenvalue weighted by atomic mass is 10.3. The number of rotatable bonds is 9. The third-order valence-corrected chi connectivity index (χ3v) is 5.60. The van der Waals surface area contributed by atoms with Crippen LogP contribution in [0, 0.1) is 0 Å². The van der Waals surface area contributed by atoms with Crippen molar-refractivity contribution in [3.8, 4) is 0 Å². The smallest absolute Gasteiger partial charge is 0.242 e. The molecule has 0 fully saturated rings. The Kier molecular flexibility index (Phi) is 6.59. The minimum absolute atomic E-state index is 0.111. The van der Waals surface area contributed by atoms with E-state index in [1.54, 1.807) is 18.2 Å². The van der Waals surface area contributed by atoms with E-state index in [4.69, 9.17) is 0 Å². The summed E-state index contributed by atoms with van der Waals surface area (Å²) in [5.74, 6) is -0.139. The lowest BCUT2D eigenvalue weighted by Gasteiger charge is -2.13. The van der Waals surface area contributed by atoms with Crippen LogP contribution in [0.15, 0.2) is 29.2 Å². The van der Waals surface area contributed by atoms with Gasteiger partial charge < -0.3 is 5.32 Å². The van der Waals surface area contributed by atoms with Crippen molar-refractivity contribution < 1.29 is 16.8 Å². The fourth-order valence-electron chi connectivity index (χ4n) is 1.58. The molecule has 9 heteroatoms. The maximum absolute atomic E-state index is 12.1. The van der Waals surface area contributed by atoms with Crippen LogP contribution in [0.2, 0.25) is 0 Å². The second-order valence-corrected chi connectivity index (χ2v) is 8.13. The van der Waals surface area contributed by atoms with Gasteiger partial charge in [0.25, 0.3) is 0 Å². The summed E-state index contributed by atoms with van der Waals surface area (Å²) in [5, 5.41) is 2.85. The topological polar surface area (TPSA) is 104 Å². The summed E-state index contributed by atoms with van der Waals surface area (Å²) >= 11 is 0. The van der Waals surface area contributed by atoms with Gasteiger partial charge in [-0.25, -0.2) is 26.3 Å². The lowest BCUT2D eigenvalue weighted by molar-refractivity contribution is 0.581. The van der Waals surface area contributed by atoms with E-state index in [1.165, 1.54) is 13.1 Å². The molecule has 0 heterocycles. The highest BCUT2D eigenvalue weighted by Crippen LogP contribution is 2.20. The molecule has 0 spiro atoms. The fourth-order valence-corrected chi connectivity index (χ4v) is 3.47. The Morgan fingerprint density at radius 2 is 1.71 bits per heavy atom. The molecule has 0 atom stereocenters. The van der Waals surface area contributed by atoms with Gasteiger partial charge in [-0.05, 0) is 25.6 Å². The van der Waals surface area contributed by atoms with E-state index in [0.29, 0.717) is 18.7 Å². The van der Waals surface area contributed by atoms with Crippen molar-refractivity contribution in [2.45, 2.75) is 18.2 Å². The molecule has 0 amide bonds. The first-order valence-electron chi connectivity index (χ1n) is 6.56. The van der Waals surface area contributed by atoms with Crippen LogP contribution in [0.4, 0.5) is 5.69 Å². The quantitative estimate of drug-likeness (QED) is 0.603. The van der Waals surface area contributed by atoms with E-state index in [-0.39, 0.29) is 17.2 Å². The predicted octanol–water partition coefficient (Wildman–Crippen LogP) is 0.336. The van der Waals surface area contributed by atoms with Gasteiger partial charge in [0.05, 0.1) is 11.4 Å². The summed E-state index contributed by atoms with van der Waals surface area (Å²) in [6.07, 6.45) is 0.690. The van der Waals surface area contributed by atoms with Crippen LogP contribution < -0.4 is 14.8 Å². The molecule has 0 aromatic heterocycles. The van der Waals surface area contributed by atoms with Gasteiger partial charge in [0.2, 0.25) is 20.0 Å². The fraction of sp³-hybridized carbons (Fsp3) is 0.500. The first-order chi connectivity index (χ1) is 9.82. The molecule has 1 rings (SSSR count). The molecule has 7 nitrogen and oxygen atoms in total. The standard InChI is InChI=1S/C12H21N3O4S2/c1-3-8-15-21(18,19)12-7-5-4-6-11(12)14-9-10-20(16,17)13-2/h4-7,13-15H,3,8-10H2,1-2H3. The van der Waals surface area contributed by atoms with Crippen molar-refractivity contribution in [3.63, 3.8) is 0 Å². The van der Waals surface area contributed by atoms with Gasteiger partial charge in [0.1, 0.15) is 4.90 Å². The number of sulfonamides is 2. The van der Waals surface area contributed by atoms with Gasteiger partial charge >= 0.3 is 0 Å². The number of hydrogen-bond donors (Lipinski definition) is 3. The highest BCUT2D eigenvalue weighted by Gasteiger charge is 2.17. The largest absolute Gasteiger partial charge is 0.383 e. The van der Waals surface area contributed by atoms with Crippen molar-refractivity contribution >= 4 is 25.7 Å². The molecule has 21 heavy (non-hydrogen) atoms. The summed E-state index contributed by atoms with van der Waals surface area (Å²) < 4.78 is 51.6. The molecule has 0 aliphatic rings. The zero-order valence-electron chi connectivity index (χ0n) is 12.1. The monoisotopic (exact) mass is 335 g/mol. The second kappa shape index (κ2) is 7.74. The van der Waals surface area contributed by atoms with E-state index in [9.17, 15) is 16.8 Å². The van der Waals surface area contributed by atoms with Gasteiger partial charge in [-0.2, -0.15) is 0 Å². The molecule has 0 aliphatic heterocycles.